The third-order valence-corrected chi connectivity index (χ3v) is 8.47. The molecule has 0 spiro atoms. The molecule has 0 bridgehead atoms. The van der Waals surface area contributed by atoms with Crippen LogP contribution in [0.3, 0.4) is 0 Å². The van der Waals surface area contributed by atoms with Gasteiger partial charge in [-0.15, -0.1) is 0 Å². The van der Waals surface area contributed by atoms with Crippen molar-refractivity contribution in [1.29, 1.82) is 0 Å². The van der Waals surface area contributed by atoms with E-state index in [4.69, 9.17) is 0 Å². The minimum Gasteiger partial charge on any atom is -0.385 e. The van der Waals surface area contributed by atoms with Gasteiger partial charge in [0.15, 0.2) is 0 Å². The van der Waals surface area contributed by atoms with Crippen LogP contribution in [0.2, 0.25) is 0 Å². The summed E-state index contributed by atoms with van der Waals surface area (Å²) in [5.41, 5.74) is 1.11. The molecule has 0 saturated heterocycles. The van der Waals surface area contributed by atoms with E-state index in [1.807, 2.05) is 24.3 Å². The molecular formula is C39H48N10O8. The summed E-state index contributed by atoms with van der Waals surface area (Å²) in [7, 11) is 0. The number of hydrogen-bond acceptors (Lipinski definition) is 14. The predicted molar refractivity (Wildman–Crippen MR) is 220 cm³/mol. The summed E-state index contributed by atoms with van der Waals surface area (Å²) in [4.78, 5) is 40.4. The van der Waals surface area contributed by atoms with Crippen molar-refractivity contribution >= 4 is 56.9 Å². The zero-order valence-corrected chi connectivity index (χ0v) is 32.1. The zero-order chi connectivity index (χ0) is 41.4. The second kappa shape index (κ2) is 24.6. The molecule has 0 aromatic heterocycles. The van der Waals surface area contributed by atoms with E-state index in [2.05, 4.69) is 44.9 Å². The smallest absolute Gasteiger partial charge is 0.348 e. The SMILES string of the molecule is CCCCCCCCNc1ccc(/N=N/c2ccc([N+](=O)[O-])c([N+](=O)[O-])c2)cc1.CCCCCCCNc1ccc(/N=N/c2ccc([N+](=O)[O-])c([N+](=O)[O-])c2)cc1. The van der Waals surface area contributed by atoms with Gasteiger partial charge in [0.25, 0.3) is 0 Å². The number of benzene rings is 4. The average Bonchev–Trinajstić information content (AvgIpc) is 3.21. The maximum atomic E-state index is 11.0. The number of nitro groups is 4. The Balaban J connectivity index is 0.000000306. The summed E-state index contributed by atoms with van der Waals surface area (Å²) >= 11 is 0. The number of anilines is 2. The van der Waals surface area contributed by atoms with Crippen molar-refractivity contribution in [2.24, 2.45) is 20.5 Å². The highest BCUT2D eigenvalue weighted by Gasteiger charge is 2.25. The summed E-state index contributed by atoms with van der Waals surface area (Å²) in [6, 6.07) is 21.5. The number of azo groups is 2. The second-order valence-electron chi connectivity index (χ2n) is 12.9. The topological polar surface area (TPSA) is 246 Å². The Morgan fingerprint density at radius 1 is 0.404 bits per heavy atom. The summed E-state index contributed by atoms with van der Waals surface area (Å²) in [6.07, 6.45) is 13.6. The van der Waals surface area contributed by atoms with Gasteiger partial charge >= 0.3 is 22.7 Å². The van der Waals surface area contributed by atoms with Gasteiger partial charge in [0, 0.05) is 36.6 Å². The van der Waals surface area contributed by atoms with Crippen LogP contribution in [0.25, 0.3) is 0 Å². The summed E-state index contributed by atoms with van der Waals surface area (Å²) in [6.45, 7) is 6.23. The summed E-state index contributed by atoms with van der Waals surface area (Å²) in [5, 5.41) is 66.3. The molecule has 18 nitrogen and oxygen atoms in total. The van der Waals surface area contributed by atoms with E-state index in [9.17, 15) is 40.5 Å². The van der Waals surface area contributed by atoms with Gasteiger partial charge in [0.05, 0.1) is 54.6 Å². The lowest BCUT2D eigenvalue weighted by molar-refractivity contribution is -0.422. The summed E-state index contributed by atoms with van der Waals surface area (Å²) in [5.74, 6) is 0. The van der Waals surface area contributed by atoms with Crippen LogP contribution in [-0.4, -0.2) is 32.8 Å². The quantitative estimate of drug-likeness (QED) is 0.0311. The molecular weight excluding hydrogens is 736 g/mol. The first-order valence-corrected chi connectivity index (χ1v) is 18.9. The van der Waals surface area contributed by atoms with Gasteiger partial charge in [-0.3, -0.25) is 40.5 Å². The van der Waals surface area contributed by atoms with Gasteiger partial charge in [-0.25, -0.2) is 0 Å². The minimum atomic E-state index is -0.806. The molecule has 4 rings (SSSR count). The largest absolute Gasteiger partial charge is 0.385 e. The molecule has 0 aliphatic rings. The van der Waals surface area contributed by atoms with Crippen molar-refractivity contribution in [2.75, 3.05) is 23.7 Å². The van der Waals surface area contributed by atoms with Crippen molar-refractivity contribution in [2.45, 2.75) is 84.5 Å². The number of hydrogen-bond donors (Lipinski definition) is 2. The molecule has 0 amide bonds. The molecule has 0 aliphatic carbocycles. The summed E-state index contributed by atoms with van der Waals surface area (Å²) < 4.78 is 0. The molecule has 4 aromatic rings. The van der Waals surface area contributed by atoms with Gasteiger partial charge in [-0.2, -0.15) is 20.5 Å². The number of unbranched alkanes of at least 4 members (excludes halogenated alkanes) is 9. The number of nitrogens with zero attached hydrogens (tertiary/aromatic N) is 8. The predicted octanol–water partition coefficient (Wildman–Crippen LogP) is 13.0. The Morgan fingerprint density at radius 3 is 1.04 bits per heavy atom. The van der Waals surface area contributed by atoms with Crippen LogP contribution in [0.5, 0.6) is 0 Å². The zero-order valence-electron chi connectivity index (χ0n) is 32.1. The molecule has 0 atom stereocenters. The Morgan fingerprint density at radius 2 is 0.702 bits per heavy atom. The standard InChI is InChI=1S/C20H25N5O4.C19H23N5O4/c1-2-3-4-5-6-7-14-21-16-8-10-17(11-9-16)22-23-18-12-13-19(24(26)27)20(15-18)25(28)29;1-2-3-4-5-6-13-20-15-7-9-16(10-8-15)21-22-17-11-12-18(23(25)26)19(14-17)24(27)28/h8-13,15,21H,2-7,14H2,1H3;7-12,14,20H,2-6,13H2,1H3/b23-22+;22-21+. The lowest BCUT2D eigenvalue weighted by Crippen LogP contribution is -2.00. The average molecular weight is 785 g/mol. The van der Waals surface area contributed by atoms with Crippen LogP contribution in [0.4, 0.5) is 56.9 Å². The number of nitrogens with one attached hydrogen (secondary N) is 2. The van der Waals surface area contributed by atoms with Crippen LogP contribution in [0, 0.1) is 40.5 Å². The fourth-order valence-electron chi connectivity index (χ4n) is 5.37. The van der Waals surface area contributed by atoms with Gasteiger partial charge in [-0.1, -0.05) is 71.6 Å². The van der Waals surface area contributed by atoms with Gasteiger partial charge < -0.3 is 10.6 Å². The van der Waals surface area contributed by atoms with Crippen molar-refractivity contribution < 1.29 is 19.7 Å². The maximum absolute atomic E-state index is 11.0. The second-order valence-corrected chi connectivity index (χ2v) is 12.9. The third-order valence-electron chi connectivity index (χ3n) is 8.47. The molecule has 0 unspecified atom stereocenters. The van der Waals surface area contributed by atoms with Crippen molar-refractivity contribution in [3.63, 3.8) is 0 Å². The molecule has 18 heteroatoms. The van der Waals surface area contributed by atoms with Crippen molar-refractivity contribution in [3.05, 3.63) is 125 Å². The van der Waals surface area contributed by atoms with Crippen molar-refractivity contribution in [1.82, 2.24) is 0 Å². The lowest BCUT2D eigenvalue weighted by atomic mass is 10.1. The highest BCUT2D eigenvalue weighted by molar-refractivity contribution is 5.61. The minimum absolute atomic E-state index is 0.173. The highest BCUT2D eigenvalue weighted by atomic mass is 16.6. The molecule has 302 valence electrons. The molecule has 0 aliphatic heterocycles. The van der Waals surface area contributed by atoms with E-state index >= 15 is 0 Å². The first-order valence-electron chi connectivity index (χ1n) is 18.9. The van der Waals surface area contributed by atoms with Gasteiger partial charge in [-0.05, 0) is 73.5 Å². The molecule has 4 aromatic carbocycles. The van der Waals surface area contributed by atoms with Crippen LogP contribution >= 0.6 is 0 Å². The van der Waals surface area contributed by atoms with Crippen LogP contribution in [0.15, 0.2) is 105 Å². The Hall–Kier alpha value is -6.72. The third kappa shape index (κ3) is 16.3. The molecule has 0 radical (unpaired) electrons. The monoisotopic (exact) mass is 784 g/mol. The maximum Gasteiger partial charge on any atom is 0.348 e. The normalized spacial score (nSPS) is 10.9. The lowest BCUT2D eigenvalue weighted by Gasteiger charge is -2.06. The Labute approximate surface area is 330 Å². The van der Waals surface area contributed by atoms with Crippen molar-refractivity contribution in [3.8, 4) is 0 Å². The Kier molecular flexibility index (Phi) is 19.3. The van der Waals surface area contributed by atoms with Crippen LogP contribution in [-0.2, 0) is 0 Å². The number of nitro benzene ring substituents is 4. The van der Waals surface area contributed by atoms with E-state index < -0.39 is 42.4 Å². The first-order chi connectivity index (χ1) is 27.5. The van der Waals surface area contributed by atoms with E-state index in [0.29, 0.717) is 11.4 Å². The van der Waals surface area contributed by atoms with E-state index in [-0.39, 0.29) is 11.4 Å². The van der Waals surface area contributed by atoms with E-state index in [1.54, 1.807) is 24.3 Å². The van der Waals surface area contributed by atoms with E-state index in [0.717, 1.165) is 61.6 Å². The molecule has 57 heavy (non-hydrogen) atoms. The first kappa shape index (κ1) is 44.7. The fourth-order valence-corrected chi connectivity index (χ4v) is 5.37. The fraction of sp³-hybridized carbons (Fsp3) is 0.385. The van der Waals surface area contributed by atoms with Gasteiger partial charge in [0.1, 0.15) is 0 Å². The van der Waals surface area contributed by atoms with Gasteiger partial charge in [0.2, 0.25) is 0 Å². The number of rotatable bonds is 23. The molecule has 2 N–H and O–H groups in total. The van der Waals surface area contributed by atoms with Crippen LogP contribution < -0.4 is 10.6 Å². The molecule has 0 heterocycles. The van der Waals surface area contributed by atoms with Crippen LogP contribution in [0.1, 0.15) is 84.5 Å². The molecule has 0 fully saturated rings. The molecule has 0 saturated carbocycles. The Bertz CT molecular complexity index is 1970. The van der Waals surface area contributed by atoms with E-state index in [1.165, 1.54) is 69.9 Å². The highest BCUT2D eigenvalue weighted by Crippen LogP contribution is 2.33.